The first kappa shape index (κ1) is 16.8. The number of hydrogen-bond donors (Lipinski definition) is 1. The van der Waals surface area contributed by atoms with Gasteiger partial charge in [-0.1, -0.05) is 6.07 Å². The number of hydrogen-bond acceptors (Lipinski definition) is 4. The second kappa shape index (κ2) is 7.50. The smallest absolute Gasteiger partial charge is 0.161 e. The molecule has 0 aliphatic rings. The van der Waals surface area contributed by atoms with Crippen LogP contribution in [0.15, 0.2) is 18.2 Å². The highest BCUT2D eigenvalue weighted by atomic mass is 16.5. The molecule has 0 radical (unpaired) electrons. The molecule has 0 aliphatic heterocycles. The van der Waals surface area contributed by atoms with Gasteiger partial charge >= 0.3 is 0 Å². The van der Waals surface area contributed by atoms with Crippen molar-refractivity contribution in [3.05, 3.63) is 23.8 Å². The lowest BCUT2D eigenvalue weighted by molar-refractivity contribution is 0.0424. The summed E-state index contributed by atoms with van der Waals surface area (Å²) in [5.74, 6) is 1.56. The normalized spacial score (nSPS) is 11.8. The summed E-state index contributed by atoms with van der Waals surface area (Å²) in [6.07, 6.45) is 0. The number of aliphatic hydroxyl groups is 1. The van der Waals surface area contributed by atoms with Gasteiger partial charge in [-0.05, 0) is 52.4 Å². The molecule has 0 unspecified atom stereocenters. The van der Waals surface area contributed by atoms with Gasteiger partial charge in [0.2, 0.25) is 0 Å². The van der Waals surface area contributed by atoms with Crippen molar-refractivity contribution in [1.82, 2.24) is 4.90 Å². The van der Waals surface area contributed by atoms with E-state index in [1.807, 2.05) is 52.9 Å². The van der Waals surface area contributed by atoms with Crippen LogP contribution in [-0.4, -0.2) is 42.4 Å². The number of nitrogens with zero attached hydrogens (tertiary/aromatic N) is 1. The first-order valence-corrected chi connectivity index (χ1v) is 7.15. The number of benzene rings is 1. The van der Waals surface area contributed by atoms with Gasteiger partial charge in [0.15, 0.2) is 11.5 Å². The lowest BCUT2D eigenvalue weighted by atomic mass is 10.1. The van der Waals surface area contributed by atoms with Crippen molar-refractivity contribution >= 4 is 0 Å². The third-order valence-corrected chi connectivity index (χ3v) is 2.72. The van der Waals surface area contributed by atoms with Gasteiger partial charge < -0.3 is 14.6 Å². The van der Waals surface area contributed by atoms with Gasteiger partial charge in [-0.3, -0.25) is 4.90 Å². The van der Waals surface area contributed by atoms with E-state index in [-0.39, 0.29) is 0 Å². The van der Waals surface area contributed by atoms with Crippen molar-refractivity contribution in [1.29, 1.82) is 0 Å². The molecule has 1 aromatic carbocycles. The van der Waals surface area contributed by atoms with E-state index >= 15 is 0 Å². The lowest BCUT2D eigenvalue weighted by Crippen LogP contribution is -2.35. The summed E-state index contributed by atoms with van der Waals surface area (Å²) >= 11 is 0. The molecule has 0 heterocycles. The standard InChI is InChI=1S/C16H27NO3/c1-6-19-14-9-8-13(10-15(14)20-7-2)11-17(5)12-16(3,4)18/h8-10,18H,6-7,11-12H2,1-5H3. The van der Waals surface area contributed by atoms with E-state index in [4.69, 9.17) is 9.47 Å². The van der Waals surface area contributed by atoms with Crippen molar-refractivity contribution < 1.29 is 14.6 Å². The van der Waals surface area contributed by atoms with Crippen LogP contribution in [-0.2, 0) is 6.54 Å². The summed E-state index contributed by atoms with van der Waals surface area (Å²) in [6.45, 7) is 10.2. The van der Waals surface area contributed by atoms with Gasteiger partial charge in [0.05, 0.1) is 18.8 Å². The van der Waals surface area contributed by atoms with E-state index in [1.54, 1.807) is 0 Å². The van der Waals surface area contributed by atoms with Gasteiger partial charge in [-0.25, -0.2) is 0 Å². The highest BCUT2D eigenvalue weighted by molar-refractivity contribution is 5.43. The van der Waals surface area contributed by atoms with Crippen LogP contribution < -0.4 is 9.47 Å². The molecule has 114 valence electrons. The van der Waals surface area contributed by atoms with Crippen molar-refractivity contribution in [2.24, 2.45) is 0 Å². The molecule has 0 saturated heterocycles. The minimum atomic E-state index is -0.692. The molecule has 4 heteroatoms. The Morgan fingerprint density at radius 1 is 1.10 bits per heavy atom. The summed E-state index contributed by atoms with van der Waals surface area (Å²) < 4.78 is 11.2. The van der Waals surface area contributed by atoms with Crippen LogP contribution in [0.25, 0.3) is 0 Å². The van der Waals surface area contributed by atoms with Crippen LogP contribution in [0.5, 0.6) is 11.5 Å². The van der Waals surface area contributed by atoms with E-state index in [0.29, 0.717) is 19.8 Å². The zero-order chi connectivity index (χ0) is 15.2. The van der Waals surface area contributed by atoms with Crippen molar-refractivity contribution in [3.8, 4) is 11.5 Å². The van der Waals surface area contributed by atoms with Crippen LogP contribution in [0.2, 0.25) is 0 Å². The van der Waals surface area contributed by atoms with Crippen molar-refractivity contribution in [2.75, 3.05) is 26.8 Å². The Balaban J connectivity index is 2.78. The molecule has 0 spiro atoms. The van der Waals surface area contributed by atoms with Gasteiger partial charge in [-0.15, -0.1) is 0 Å². The number of rotatable bonds is 8. The molecule has 1 N–H and O–H groups in total. The molecule has 1 rings (SSSR count). The highest BCUT2D eigenvalue weighted by Crippen LogP contribution is 2.29. The summed E-state index contributed by atoms with van der Waals surface area (Å²) in [5.41, 5.74) is 0.451. The van der Waals surface area contributed by atoms with Crippen LogP contribution in [0, 0.1) is 0 Å². The minimum absolute atomic E-state index is 0.614. The second-order valence-electron chi connectivity index (χ2n) is 5.63. The Morgan fingerprint density at radius 2 is 1.70 bits per heavy atom. The molecule has 0 aromatic heterocycles. The maximum absolute atomic E-state index is 9.83. The Labute approximate surface area is 122 Å². The SMILES string of the molecule is CCOc1ccc(CN(C)CC(C)(C)O)cc1OCC. The van der Waals surface area contributed by atoms with Crippen LogP contribution in [0.1, 0.15) is 33.3 Å². The fourth-order valence-electron chi connectivity index (χ4n) is 2.22. The maximum Gasteiger partial charge on any atom is 0.161 e. The second-order valence-corrected chi connectivity index (χ2v) is 5.63. The fraction of sp³-hybridized carbons (Fsp3) is 0.625. The Morgan fingerprint density at radius 3 is 2.25 bits per heavy atom. The largest absolute Gasteiger partial charge is 0.490 e. The number of likely N-dealkylation sites (N-methyl/N-ethyl adjacent to an activating group) is 1. The quantitative estimate of drug-likeness (QED) is 0.795. The predicted octanol–water partition coefficient (Wildman–Crippen LogP) is 2.69. The van der Waals surface area contributed by atoms with Crippen LogP contribution in [0.3, 0.4) is 0 Å². The van der Waals surface area contributed by atoms with Crippen molar-refractivity contribution in [2.45, 2.75) is 39.8 Å². The zero-order valence-corrected chi connectivity index (χ0v) is 13.3. The third-order valence-electron chi connectivity index (χ3n) is 2.72. The van der Waals surface area contributed by atoms with Crippen molar-refractivity contribution in [3.63, 3.8) is 0 Å². The van der Waals surface area contributed by atoms with Crippen LogP contribution >= 0.6 is 0 Å². The summed E-state index contributed by atoms with van der Waals surface area (Å²) in [4.78, 5) is 2.09. The molecule has 0 bridgehead atoms. The van der Waals surface area contributed by atoms with Gasteiger partial charge in [0, 0.05) is 13.1 Å². The fourth-order valence-corrected chi connectivity index (χ4v) is 2.22. The molecular formula is C16H27NO3. The molecule has 0 aliphatic carbocycles. The molecule has 4 nitrogen and oxygen atoms in total. The Hall–Kier alpha value is -1.26. The summed E-state index contributed by atoms with van der Waals surface area (Å²) in [6, 6.07) is 5.99. The molecule has 0 saturated carbocycles. The maximum atomic E-state index is 9.83. The molecule has 0 atom stereocenters. The average molecular weight is 281 g/mol. The van der Waals surface area contributed by atoms with Gasteiger partial charge in [-0.2, -0.15) is 0 Å². The average Bonchev–Trinajstić information content (AvgIpc) is 2.30. The Bertz CT molecular complexity index is 413. The van der Waals surface area contributed by atoms with E-state index in [0.717, 1.165) is 23.6 Å². The van der Waals surface area contributed by atoms with E-state index in [2.05, 4.69) is 4.90 Å². The number of ether oxygens (including phenoxy) is 2. The molecule has 1 aromatic rings. The van der Waals surface area contributed by atoms with Gasteiger partial charge in [0.1, 0.15) is 0 Å². The summed E-state index contributed by atoms with van der Waals surface area (Å²) in [5, 5.41) is 9.83. The predicted molar refractivity (Wildman–Crippen MR) is 81.4 cm³/mol. The topological polar surface area (TPSA) is 41.9 Å². The van der Waals surface area contributed by atoms with Crippen LogP contribution in [0.4, 0.5) is 0 Å². The van der Waals surface area contributed by atoms with Gasteiger partial charge in [0.25, 0.3) is 0 Å². The summed E-state index contributed by atoms with van der Waals surface area (Å²) in [7, 11) is 1.99. The first-order chi connectivity index (χ1) is 9.35. The lowest BCUT2D eigenvalue weighted by Gasteiger charge is -2.25. The first-order valence-electron chi connectivity index (χ1n) is 7.15. The van der Waals surface area contributed by atoms with E-state index < -0.39 is 5.60 Å². The molecule has 0 fully saturated rings. The molecule has 0 amide bonds. The molecule has 20 heavy (non-hydrogen) atoms. The van der Waals surface area contributed by atoms with E-state index in [1.165, 1.54) is 0 Å². The minimum Gasteiger partial charge on any atom is -0.490 e. The molecular weight excluding hydrogens is 254 g/mol. The third kappa shape index (κ3) is 5.80. The highest BCUT2D eigenvalue weighted by Gasteiger charge is 2.16. The zero-order valence-electron chi connectivity index (χ0n) is 13.3. The monoisotopic (exact) mass is 281 g/mol. The Kier molecular flexibility index (Phi) is 6.30. The van der Waals surface area contributed by atoms with E-state index in [9.17, 15) is 5.11 Å².